The smallest absolute Gasteiger partial charge is 0.257 e. The minimum absolute atomic E-state index is 0.0240. The van der Waals surface area contributed by atoms with Crippen LogP contribution in [0.4, 0.5) is 10.8 Å². The molecule has 0 aliphatic heterocycles. The number of nitrogens with one attached hydrogen (secondary N) is 2. The van der Waals surface area contributed by atoms with Crippen molar-refractivity contribution >= 4 is 34.0 Å². The number of hydrogen-bond donors (Lipinski definition) is 2. The number of aryl methyl sites for hydroxylation is 1. The summed E-state index contributed by atoms with van der Waals surface area (Å²) in [7, 11) is 0. The van der Waals surface area contributed by atoms with Crippen molar-refractivity contribution in [2.24, 2.45) is 5.92 Å². The number of hydrogen-bond acceptors (Lipinski definition) is 5. The van der Waals surface area contributed by atoms with Crippen LogP contribution >= 0.6 is 11.3 Å². The normalized spacial score (nSPS) is 13.6. The average Bonchev–Trinajstić information content (AvgIpc) is 3.30. The first-order valence-corrected chi connectivity index (χ1v) is 8.52. The summed E-state index contributed by atoms with van der Waals surface area (Å²) in [5, 5.41) is 15.0. The van der Waals surface area contributed by atoms with Gasteiger partial charge in [0.25, 0.3) is 5.91 Å². The standard InChI is InChI=1S/C16H18N4O2S/c1-2-4-13-19-20-16(23-13)18-15(22)11-5-3-6-12(9-11)17-14(21)10-7-8-10/h3,5-6,9-10H,2,4,7-8H2,1H3,(H,17,21)(H,18,20,22). The van der Waals surface area contributed by atoms with Crippen LogP contribution in [0.5, 0.6) is 0 Å². The van der Waals surface area contributed by atoms with Crippen LogP contribution in [-0.2, 0) is 11.2 Å². The van der Waals surface area contributed by atoms with Gasteiger partial charge >= 0.3 is 0 Å². The Morgan fingerprint density at radius 2 is 2.09 bits per heavy atom. The maximum absolute atomic E-state index is 12.3. The number of rotatable bonds is 6. The molecule has 1 aliphatic rings. The third-order valence-corrected chi connectivity index (χ3v) is 4.39. The number of amides is 2. The van der Waals surface area contributed by atoms with Crippen molar-refractivity contribution in [3.8, 4) is 0 Å². The highest BCUT2D eigenvalue weighted by Gasteiger charge is 2.29. The highest BCUT2D eigenvalue weighted by Crippen LogP contribution is 2.30. The van der Waals surface area contributed by atoms with Gasteiger partial charge in [-0.2, -0.15) is 0 Å². The summed E-state index contributed by atoms with van der Waals surface area (Å²) in [6.45, 7) is 2.07. The van der Waals surface area contributed by atoms with E-state index < -0.39 is 0 Å². The molecule has 6 nitrogen and oxygen atoms in total. The van der Waals surface area contributed by atoms with Gasteiger partial charge in [0.1, 0.15) is 5.01 Å². The lowest BCUT2D eigenvalue weighted by Crippen LogP contribution is -2.15. The second-order valence-electron chi connectivity index (χ2n) is 5.55. The molecule has 2 aromatic rings. The Kier molecular flexibility index (Phi) is 4.66. The highest BCUT2D eigenvalue weighted by molar-refractivity contribution is 7.15. The molecule has 1 heterocycles. The predicted molar refractivity (Wildman–Crippen MR) is 89.7 cm³/mol. The zero-order chi connectivity index (χ0) is 16.2. The molecule has 0 bridgehead atoms. The first-order chi connectivity index (χ1) is 11.2. The largest absolute Gasteiger partial charge is 0.326 e. The fourth-order valence-corrected chi connectivity index (χ4v) is 2.95. The molecule has 2 amide bonds. The molecule has 1 aromatic carbocycles. The fourth-order valence-electron chi connectivity index (χ4n) is 2.12. The van der Waals surface area contributed by atoms with E-state index in [1.54, 1.807) is 24.3 Å². The highest BCUT2D eigenvalue weighted by atomic mass is 32.1. The van der Waals surface area contributed by atoms with E-state index in [4.69, 9.17) is 0 Å². The first-order valence-electron chi connectivity index (χ1n) is 7.70. The van der Waals surface area contributed by atoms with Gasteiger partial charge in [0.05, 0.1) is 0 Å². The summed E-state index contributed by atoms with van der Waals surface area (Å²) in [5.74, 6) is -0.103. The molecule has 0 spiro atoms. The maximum Gasteiger partial charge on any atom is 0.257 e. The van der Waals surface area contributed by atoms with E-state index in [9.17, 15) is 9.59 Å². The molecule has 1 aromatic heterocycles. The van der Waals surface area contributed by atoms with Crippen LogP contribution < -0.4 is 10.6 Å². The second-order valence-corrected chi connectivity index (χ2v) is 6.61. The molecular weight excluding hydrogens is 312 g/mol. The van der Waals surface area contributed by atoms with Gasteiger partial charge in [0.15, 0.2) is 0 Å². The first kappa shape index (κ1) is 15.6. The Morgan fingerprint density at radius 1 is 1.26 bits per heavy atom. The molecule has 3 rings (SSSR count). The quantitative estimate of drug-likeness (QED) is 0.852. The Bertz CT molecular complexity index is 724. The van der Waals surface area contributed by atoms with Crippen LogP contribution in [-0.4, -0.2) is 22.0 Å². The Hall–Kier alpha value is -2.28. The van der Waals surface area contributed by atoms with Crippen LogP contribution in [0.15, 0.2) is 24.3 Å². The maximum atomic E-state index is 12.3. The zero-order valence-electron chi connectivity index (χ0n) is 12.8. The molecule has 0 unspecified atom stereocenters. The lowest BCUT2D eigenvalue weighted by Gasteiger charge is -2.06. The van der Waals surface area contributed by atoms with E-state index in [2.05, 4.69) is 27.8 Å². The number of aromatic nitrogens is 2. The molecular formula is C16H18N4O2S. The Morgan fingerprint density at radius 3 is 2.83 bits per heavy atom. The van der Waals surface area contributed by atoms with Crippen LogP contribution in [0.25, 0.3) is 0 Å². The van der Waals surface area contributed by atoms with Gasteiger partial charge in [0.2, 0.25) is 11.0 Å². The van der Waals surface area contributed by atoms with E-state index in [1.165, 1.54) is 11.3 Å². The Labute approximate surface area is 138 Å². The van der Waals surface area contributed by atoms with Crippen LogP contribution in [0.3, 0.4) is 0 Å². The molecule has 0 radical (unpaired) electrons. The third kappa shape index (κ3) is 4.13. The molecule has 120 valence electrons. The zero-order valence-corrected chi connectivity index (χ0v) is 13.7. The van der Waals surface area contributed by atoms with Crippen LogP contribution in [0.2, 0.25) is 0 Å². The summed E-state index contributed by atoms with van der Waals surface area (Å²) in [6.07, 6.45) is 3.74. The van der Waals surface area contributed by atoms with Gasteiger partial charge in [-0.25, -0.2) is 0 Å². The second kappa shape index (κ2) is 6.87. The van der Waals surface area contributed by atoms with E-state index >= 15 is 0 Å². The predicted octanol–water partition coefficient (Wildman–Crippen LogP) is 3.09. The van der Waals surface area contributed by atoms with Crippen molar-refractivity contribution < 1.29 is 9.59 Å². The van der Waals surface area contributed by atoms with Gasteiger partial charge in [-0.15, -0.1) is 10.2 Å². The monoisotopic (exact) mass is 330 g/mol. The van der Waals surface area contributed by atoms with Crippen molar-refractivity contribution in [1.29, 1.82) is 0 Å². The minimum Gasteiger partial charge on any atom is -0.326 e. The van der Waals surface area contributed by atoms with E-state index in [0.29, 0.717) is 16.4 Å². The molecule has 7 heteroatoms. The molecule has 1 saturated carbocycles. The summed E-state index contributed by atoms with van der Waals surface area (Å²) >= 11 is 1.38. The van der Waals surface area contributed by atoms with Gasteiger partial charge in [-0.1, -0.05) is 24.3 Å². The number of nitrogens with zero attached hydrogens (tertiary/aromatic N) is 2. The minimum atomic E-state index is -0.258. The third-order valence-electron chi connectivity index (χ3n) is 3.49. The van der Waals surface area contributed by atoms with Gasteiger partial charge in [0, 0.05) is 23.6 Å². The summed E-state index contributed by atoms with van der Waals surface area (Å²) < 4.78 is 0. The fraction of sp³-hybridized carbons (Fsp3) is 0.375. The molecule has 1 fully saturated rings. The molecule has 23 heavy (non-hydrogen) atoms. The van der Waals surface area contributed by atoms with Crippen LogP contribution in [0.1, 0.15) is 41.6 Å². The van der Waals surface area contributed by atoms with Gasteiger partial charge in [-0.05, 0) is 37.5 Å². The lowest BCUT2D eigenvalue weighted by molar-refractivity contribution is -0.117. The summed E-state index contributed by atoms with van der Waals surface area (Å²) in [5.41, 5.74) is 1.12. The van der Waals surface area contributed by atoms with Crippen molar-refractivity contribution in [1.82, 2.24) is 10.2 Å². The van der Waals surface area contributed by atoms with Crippen molar-refractivity contribution in [2.75, 3.05) is 10.6 Å². The number of carbonyl (C=O) groups excluding carboxylic acids is 2. The van der Waals surface area contributed by atoms with Crippen molar-refractivity contribution in [3.05, 3.63) is 34.8 Å². The van der Waals surface area contributed by atoms with Crippen molar-refractivity contribution in [2.45, 2.75) is 32.6 Å². The van der Waals surface area contributed by atoms with E-state index in [-0.39, 0.29) is 17.7 Å². The Balaban J connectivity index is 1.65. The van der Waals surface area contributed by atoms with E-state index in [1.807, 2.05) is 0 Å². The lowest BCUT2D eigenvalue weighted by atomic mass is 10.2. The van der Waals surface area contributed by atoms with Gasteiger partial charge in [-0.3, -0.25) is 14.9 Å². The molecule has 1 aliphatic carbocycles. The molecule has 0 saturated heterocycles. The molecule has 2 N–H and O–H groups in total. The van der Waals surface area contributed by atoms with Gasteiger partial charge < -0.3 is 5.32 Å². The summed E-state index contributed by atoms with van der Waals surface area (Å²) in [4.78, 5) is 24.1. The summed E-state index contributed by atoms with van der Waals surface area (Å²) in [6, 6.07) is 6.90. The topological polar surface area (TPSA) is 84.0 Å². The van der Waals surface area contributed by atoms with E-state index in [0.717, 1.165) is 30.7 Å². The number of benzene rings is 1. The number of carbonyl (C=O) groups is 2. The number of anilines is 2. The van der Waals surface area contributed by atoms with Crippen molar-refractivity contribution in [3.63, 3.8) is 0 Å². The molecule has 0 atom stereocenters. The average molecular weight is 330 g/mol. The SMILES string of the molecule is CCCc1nnc(NC(=O)c2cccc(NC(=O)C3CC3)c2)s1. The van der Waals surface area contributed by atoms with Crippen LogP contribution in [0, 0.1) is 5.92 Å².